The highest BCUT2D eigenvalue weighted by molar-refractivity contribution is 5.74. The lowest BCUT2D eigenvalue weighted by Crippen LogP contribution is -2.32. The molecule has 3 aliphatic rings. The van der Waals surface area contributed by atoms with Crippen molar-refractivity contribution in [2.24, 2.45) is 7.05 Å². The van der Waals surface area contributed by atoms with E-state index < -0.39 is 0 Å². The van der Waals surface area contributed by atoms with E-state index >= 15 is 0 Å². The van der Waals surface area contributed by atoms with Gasteiger partial charge in [0.15, 0.2) is 12.0 Å². The zero-order chi connectivity index (χ0) is 22.4. The molecule has 172 valence electrons. The van der Waals surface area contributed by atoms with Crippen LogP contribution in [0.3, 0.4) is 0 Å². The quantitative estimate of drug-likeness (QED) is 0.573. The van der Waals surface area contributed by atoms with Gasteiger partial charge in [-0.2, -0.15) is 10.2 Å². The molecule has 0 spiro atoms. The Labute approximate surface area is 193 Å². The van der Waals surface area contributed by atoms with E-state index in [1.165, 1.54) is 34.5 Å². The fraction of sp³-hybridized carbons (Fsp3) is 0.480. The molecule has 3 aromatic rings. The van der Waals surface area contributed by atoms with Crippen LogP contribution in [-0.2, 0) is 36.0 Å². The minimum absolute atomic E-state index is 0.00116. The number of nitrogens with zero attached hydrogens (tertiary/aromatic N) is 6. The molecule has 1 atom stereocenters. The largest absolute Gasteiger partial charge is 0.357 e. The lowest BCUT2D eigenvalue weighted by atomic mass is 9.96. The second kappa shape index (κ2) is 8.33. The third-order valence-corrected chi connectivity index (χ3v) is 7.16. The molecule has 6 rings (SSSR count). The lowest BCUT2D eigenvalue weighted by Gasteiger charge is -2.32. The molecule has 0 bridgehead atoms. The summed E-state index contributed by atoms with van der Waals surface area (Å²) in [5, 5.41) is 9.48. The number of carbonyl (C=O) groups excluding carboxylic acids is 1. The number of rotatable bonds is 4. The summed E-state index contributed by atoms with van der Waals surface area (Å²) in [4.78, 5) is 15.8. The predicted molar refractivity (Wildman–Crippen MR) is 125 cm³/mol. The van der Waals surface area contributed by atoms with Gasteiger partial charge in [-0.1, -0.05) is 6.07 Å². The van der Waals surface area contributed by atoms with E-state index in [2.05, 4.69) is 39.1 Å². The Morgan fingerprint density at radius 1 is 1.12 bits per heavy atom. The van der Waals surface area contributed by atoms with Gasteiger partial charge in [-0.05, 0) is 55.4 Å². The molecular formula is C25H30N6O2. The number of aromatic nitrogens is 4. The van der Waals surface area contributed by atoms with Gasteiger partial charge in [0.05, 0.1) is 18.4 Å². The number of aryl methyl sites for hydroxylation is 2. The zero-order valence-corrected chi connectivity index (χ0v) is 19.1. The first-order valence-corrected chi connectivity index (χ1v) is 12.0. The molecule has 1 saturated heterocycles. The average molecular weight is 447 g/mol. The molecule has 3 aliphatic heterocycles. The number of hydrogen-bond donors (Lipinski definition) is 0. The molecule has 1 amide bonds. The maximum Gasteiger partial charge on any atom is 0.210 e. The van der Waals surface area contributed by atoms with Crippen molar-refractivity contribution in [3.8, 4) is 11.1 Å². The summed E-state index contributed by atoms with van der Waals surface area (Å²) >= 11 is 0. The molecule has 0 saturated carbocycles. The van der Waals surface area contributed by atoms with Crippen molar-refractivity contribution in [1.82, 2.24) is 24.5 Å². The van der Waals surface area contributed by atoms with E-state index in [1.807, 2.05) is 22.8 Å². The van der Waals surface area contributed by atoms with Gasteiger partial charge in [0.25, 0.3) is 0 Å². The second-order valence-corrected chi connectivity index (χ2v) is 9.34. The van der Waals surface area contributed by atoms with E-state index in [4.69, 9.17) is 9.84 Å². The summed E-state index contributed by atoms with van der Waals surface area (Å²) < 4.78 is 10.1. The molecule has 1 unspecified atom stereocenters. The molecule has 2 aromatic heterocycles. The molecule has 33 heavy (non-hydrogen) atoms. The van der Waals surface area contributed by atoms with Crippen molar-refractivity contribution in [3.05, 3.63) is 47.4 Å². The molecule has 0 aliphatic carbocycles. The zero-order valence-electron chi connectivity index (χ0n) is 19.1. The van der Waals surface area contributed by atoms with Gasteiger partial charge in [-0.25, -0.2) is 4.68 Å². The topological polar surface area (TPSA) is 68.4 Å². The number of hydrogen-bond acceptors (Lipinski definition) is 5. The van der Waals surface area contributed by atoms with Gasteiger partial charge in [-0.3, -0.25) is 9.48 Å². The Balaban J connectivity index is 1.41. The number of anilines is 2. The summed E-state index contributed by atoms with van der Waals surface area (Å²) in [7, 11) is 1.95. The van der Waals surface area contributed by atoms with Crippen LogP contribution in [0.15, 0.2) is 30.6 Å². The van der Waals surface area contributed by atoms with Crippen LogP contribution in [0.4, 0.5) is 11.5 Å². The Morgan fingerprint density at radius 2 is 2.06 bits per heavy atom. The van der Waals surface area contributed by atoms with Crippen molar-refractivity contribution in [2.45, 2.75) is 51.3 Å². The second-order valence-electron chi connectivity index (χ2n) is 9.34. The Kier molecular flexibility index (Phi) is 5.17. The van der Waals surface area contributed by atoms with Gasteiger partial charge in [0, 0.05) is 56.2 Å². The van der Waals surface area contributed by atoms with Crippen molar-refractivity contribution in [2.75, 3.05) is 24.6 Å². The highest BCUT2D eigenvalue weighted by Gasteiger charge is 2.32. The minimum Gasteiger partial charge on any atom is -0.357 e. The van der Waals surface area contributed by atoms with Gasteiger partial charge in [0.1, 0.15) is 0 Å². The summed E-state index contributed by atoms with van der Waals surface area (Å²) in [5.74, 6) is 0.987. The maximum absolute atomic E-state index is 11.6. The first-order chi connectivity index (χ1) is 16.2. The fourth-order valence-corrected chi connectivity index (χ4v) is 5.48. The highest BCUT2D eigenvalue weighted by atomic mass is 16.5. The van der Waals surface area contributed by atoms with E-state index in [-0.39, 0.29) is 6.23 Å². The first-order valence-electron chi connectivity index (χ1n) is 12.0. The van der Waals surface area contributed by atoms with Crippen molar-refractivity contribution in [3.63, 3.8) is 0 Å². The van der Waals surface area contributed by atoms with Crippen LogP contribution >= 0.6 is 0 Å². The van der Waals surface area contributed by atoms with Gasteiger partial charge >= 0.3 is 0 Å². The van der Waals surface area contributed by atoms with E-state index in [1.54, 1.807) is 0 Å². The third-order valence-electron chi connectivity index (χ3n) is 7.16. The van der Waals surface area contributed by atoms with Gasteiger partial charge in [-0.15, -0.1) is 0 Å². The lowest BCUT2D eigenvalue weighted by molar-refractivity contribution is -0.118. The Morgan fingerprint density at radius 3 is 2.85 bits per heavy atom. The number of fused-ring (bicyclic) bond motifs is 2. The fourth-order valence-electron chi connectivity index (χ4n) is 5.48. The van der Waals surface area contributed by atoms with Crippen molar-refractivity contribution < 1.29 is 9.53 Å². The number of benzene rings is 1. The molecule has 1 fully saturated rings. The summed E-state index contributed by atoms with van der Waals surface area (Å²) in [5.41, 5.74) is 7.28. The number of ether oxygens (including phenoxy) is 1. The van der Waals surface area contributed by atoms with Crippen LogP contribution in [0, 0.1) is 0 Å². The van der Waals surface area contributed by atoms with Crippen LogP contribution in [0.25, 0.3) is 11.1 Å². The number of carbonyl (C=O) groups is 1. The van der Waals surface area contributed by atoms with Crippen molar-refractivity contribution in [1.29, 1.82) is 0 Å². The summed E-state index contributed by atoms with van der Waals surface area (Å²) in [6.45, 7) is 3.06. The number of amides is 1. The van der Waals surface area contributed by atoms with E-state index in [0.29, 0.717) is 6.54 Å². The van der Waals surface area contributed by atoms with Crippen LogP contribution < -0.4 is 4.90 Å². The average Bonchev–Trinajstić information content (AvgIpc) is 3.47. The highest BCUT2D eigenvalue weighted by Crippen LogP contribution is 2.40. The normalized spacial score (nSPS) is 20.5. The molecule has 8 heteroatoms. The van der Waals surface area contributed by atoms with Crippen LogP contribution in [0.2, 0.25) is 0 Å². The van der Waals surface area contributed by atoms with Crippen molar-refractivity contribution >= 4 is 17.9 Å². The third kappa shape index (κ3) is 3.62. The minimum atomic E-state index is 0.00116. The standard InChI is InChI=1S/C25H30N6O2/c1-28-15-20(14-26-28)18-7-8-22-19(13-18)5-4-10-30(22)25-21-16-29(17-32)11-9-23(21)31(27-25)24-6-2-3-12-33-24/h7-8,13-15,17,24H,2-6,9-12,16H2,1H3. The van der Waals surface area contributed by atoms with Crippen LogP contribution in [0.1, 0.15) is 48.7 Å². The summed E-state index contributed by atoms with van der Waals surface area (Å²) in [6.07, 6.45) is 11.2. The monoisotopic (exact) mass is 446 g/mol. The summed E-state index contributed by atoms with van der Waals surface area (Å²) in [6, 6.07) is 6.70. The van der Waals surface area contributed by atoms with Crippen LogP contribution in [-0.4, -0.2) is 50.6 Å². The maximum atomic E-state index is 11.6. The molecule has 5 heterocycles. The Hall–Kier alpha value is -3.13. The predicted octanol–water partition coefficient (Wildman–Crippen LogP) is 3.58. The Bertz CT molecular complexity index is 1180. The molecular weight excluding hydrogens is 416 g/mol. The molecule has 0 N–H and O–H groups in total. The molecule has 1 aromatic carbocycles. The SMILES string of the molecule is Cn1cc(-c2ccc3c(c2)CCCN3c2nn(C3CCCCO3)c3c2CN(C=O)CC3)cn1. The van der Waals surface area contributed by atoms with Gasteiger partial charge < -0.3 is 14.5 Å². The molecule has 0 radical (unpaired) electrons. The van der Waals surface area contributed by atoms with Gasteiger partial charge in [0.2, 0.25) is 6.41 Å². The van der Waals surface area contributed by atoms with E-state index in [0.717, 1.165) is 69.6 Å². The first kappa shape index (κ1) is 20.5. The smallest absolute Gasteiger partial charge is 0.210 e. The van der Waals surface area contributed by atoms with E-state index in [9.17, 15) is 4.79 Å². The molecule has 8 nitrogen and oxygen atoms in total. The van der Waals surface area contributed by atoms with Crippen LogP contribution in [0.5, 0.6) is 0 Å².